The predicted octanol–water partition coefficient (Wildman–Crippen LogP) is 3.32. The lowest BCUT2D eigenvalue weighted by atomic mass is 10.1. The van der Waals surface area contributed by atoms with Crippen LogP contribution in [0.25, 0.3) is 0 Å². The molecule has 1 amide bonds. The van der Waals surface area contributed by atoms with Crippen LogP contribution in [-0.4, -0.2) is 11.7 Å². The van der Waals surface area contributed by atoms with Gasteiger partial charge in [-0.15, -0.1) is 11.3 Å². The zero-order valence-electron chi connectivity index (χ0n) is 11.2. The number of rotatable bonds is 3. The second-order valence-electron chi connectivity index (χ2n) is 4.73. The number of ketones is 1. The highest BCUT2D eigenvalue weighted by Gasteiger charge is 2.38. The molecule has 3 nitrogen and oxygen atoms in total. The van der Waals surface area contributed by atoms with E-state index in [1.54, 1.807) is 0 Å². The summed E-state index contributed by atoms with van der Waals surface area (Å²) in [7, 11) is 0. The Morgan fingerprint density at radius 1 is 1.14 bits per heavy atom. The zero-order chi connectivity index (χ0) is 15.1. The Balaban J connectivity index is 2.01. The number of hydrogen-bond acceptors (Lipinski definition) is 3. The van der Waals surface area contributed by atoms with Crippen molar-refractivity contribution >= 4 is 28.7 Å². The van der Waals surface area contributed by atoms with Crippen LogP contribution in [0, 0.1) is 11.6 Å². The van der Waals surface area contributed by atoms with E-state index in [1.165, 1.54) is 11.3 Å². The molecule has 1 aromatic heterocycles. The summed E-state index contributed by atoms with van der Waals surface area (Å²) in [4.78, 5) is 26.9. The van der Waals surface area contributed by atoms with Crippen molar-refractivity contribution in [2.45, 2.75) is 19.9 Å². The molecule has 2 heterocycles. The van der Waals surface area contributed by atoms with E-state index < -0.39 is 23.3 Å². The Kier molecular flexibility index (Phi) is 3.33. The maximum absolute atomic E-state index is 13.9. The largest absolute Gasteiger partial charge is 0.299 e. The first-order valence-electron chi connectivity index (χ1n) is 6.44. The van der Waals surface area contributed by atoms with Gasteiger partial charge in [-0.05, 0) is 24.6 Å². The second-order valence-corrected chi connectivity index (χ2v) is 5.98. The number of carbonyl (C=O) groups excluding carboxylic acids is 2. The monoisotopic (exact) mass is 307 g/mol. The van der Waals surface area contributed by atoms with Crippen LogP contribution in [0.1, 0.15) is 27.0 Å². The average Bonchev–Trinajstić information content (AvgIpc) is 2.98. The van der Waals surface area contributed by atoms with E-state index >= 15 is 0 Å². The minimum atomic E-state index is -0.892. The van der Waals surface area contributed by atoms with Crippen molar-refractivity contribution in [3.8, 4) is 0 Å². The summed E-state index contributed by atoms with van der Waals surface area (Å²) in [6, 6.07) is 5.37. The van der Waals surface area contributed by atoms with Gasteiger partial charge in [-0.3, -0.25) is 14.5 Å². The predicted molar refractivity (Wildman–Crippen MR) is 75.6 cm³/mol. The summed E-state index contributed by atoms with van der Waals surface area (Å²) >= 11 is 1.50. The van der Waals surface area contributed by atoms with E-state index in [9.17, 15) is 18.4 Å². The molecule has 0 fully saturated rings. The van der Waals surface area contributed by atoms with Crippen LogP contribution in [0.2, 0.25) is 0 Å². The molecule has 1 aliphatic rings. The fraction of sp³-hybridized carbons (Fsp3) is 0.200. The van der Waals surface area contributed by atoms with Gasteiger partial charge in [0.25, 0.3) is 11.7 Å². The van der Waals surface area contributed by atoms with Crippen LogP contribution >= 0.6 is 11.3 Å². The van der Waals surface area contributed by atoms with Crippen LogP contribution < -0.4 is 4.90 Å². The topological polar surface area (TPSA) is 37.4 Å². The molecule has 21 heavy (non-hydrogen) atoms. The second kappa shape index (κ2) is 5.04. The highest BCUT2D eigenvalue weighted by molar-refractivity contribution is 7.12. The van der Waals surface area contributed by atoms with Crippen LogP contribution in [0.15, 0.2) is 24.3 Å². The van der Waals surface area contributed by atoms with Crippen molar-refractivity contribution in [3.05, 3.63) is 51.2 Å². The van der Waals surface area contributed by atoms with Crippen LogP contribution in [-0.2, 0) is 17.8 Å². The van der Waals surface area contributed by atoms with Gasteiger partial charge in [-0.1, -0.05) is 6.92 Å². The summed E-state index contributed by atoms with van der Waals surface area (Å²) in [5, 5.41) is 0. The van der Waals surface area contributed by atoms with Gasteiger partial charge in [-0.2, -0.15) is 0 Å². The number of aryl methyl sites for hydroxylation is 1. The van der Waals surface area contributed by atoms with Crippen molar-refractivity contribution in [1.29, 1.82) is 0 Å². The normalized spacial score (nSPS) is 14.0. The molecular weight excluding hydrogens is 296 g/mol. The molecule has 6 heteroatoms. The first kappa shape index (κ1) is 13.9. The highest BCUT2D eigenvalue weighted by Crippen LogP contribution is 2.34. The maximum atomic E-state index is 13.9. The summed E-state index contributed by atoms with van der Waals surface area (Å²) in [5.74, 6) is -3.44. The number of Topliss-reactive ketones (excluding diaryl/α,β-unsaturated/α-hetero) is 1. The van der Waals surface area contributed by atoms with E-state index in [4.69, 9.17) is 0 Å². The number of nitrogens with zero attached hydrogens (tertiary/aromatic N) is 1. The lowest BCUT2D eigenvalue weighted by molar-refractivity contribution is -0.114. The fourth-order valence-electron chi connectivity index (χ4n) is 2.36. The number of benzene rings is 1. The molecule has 0 saturated heterocycles. The van der Waals surface area contributed by atoms with Crippen LogP contribution in [0.3, 0.4) is 0 Å². The minimum absolute atomic E-state index is 0.116. The Morgan fingerprint density at radius 2 is 1.86 bits per heavy atom. The summed E-state index contributed by atoms with van der Waals surface area (Å²) in [6.45, 7) is 2.13. The van der Waals surface area contributed by atoms with Crippen molar-refractivity contribution in [3.63, 3.8) is 0 Å². The third-order valence-electron chi connectivity index (χ3n) is 3.36. The molecule has 0 bridgehead atoms. The highest BCUT2D eigenvalue weighted by atomic mass is 32.1. The van der Waals surface area contributed by atoms with E-state index in [0.717, 1.165) is 27.1 Å². The Labute approximate surface area is 123 Å². The summed E-state index contributed by atoms with van der Waals surface area (Å²) in [6.07, 6.45) is 0.869. The SMILES string of the molecule is CCc1ccc(CN2C(=O)C(=O)c3cc(F)cc(F)c32)s1. The number of thiophene rings is 1. The van der Waals surface area contributed by atoms with Crippen molar-refractivity contribution in [2.24, 2.45) is 0 Å². The van der Waals surface area contributed by atoms with E-state index in [-0.39, 0.29) is 17.8 Å². The van der Waals surface area contributed by atoms with Crippen molar-refractivity contribution in [1.82, 2.24) is 0 Å². The average molecular weight is 307 g/mol. The van der Waals surface area contributed by atoms with Crippen LogP contribution in [0.4, 0.5) is 14.5 Å². The lowest BCUT2D eigenvalue weighted by Crippen LogP contribution is -2.29. The molecule has 0 saturated carbocycles. The molecule has 1 aromatic carbocycles. The van der Waals surface area contributed by atoms with Gasteiger partial charge in [0.15, 0.2) is 5.82 Å². The molecule has 0 aliphatic carbocycles. The van der Waals surface area contributed by atoms with Crippen LogP contribution in [0.5, 0.6) is 0 Å². The molecule has 0 spiro atoms. The fourth-order valence-corrected chi connectivity index (χ4v) is 3.30. The van der Waals surface area contributed by atoms with Crippen molar-refractivity contribution < 1.29 is 18.4 Å². The minimum Gasteiger partial charge on any atom is -0.297 e. The summed E-state index contributed by atoms with van der Waals surface area (Å²) in [5.41, 5.74) is -0.331. The van der Waals surface area contributed by atoms with Gasteiger partial charge in [0.2, 0.25) is 0 Å². The number of hydrogen-bond donors (Lipinski definition) is 0. The number of fused-ring (bicyclic) bond motifs is 1. The van der Waals surface area contributed by atoms with Gasteiger partial charge in [0.1, 0.15) is 5.82 Å². The van der Waals surface area contributed by atoms with Gasteiger partial charge in [-0.25, -0.2) is 8.78 Å². The Morgan fingerprint density at radius 3 is 2.52 bits per heavy atom. The lowest BCUT2D eigenvalue weighted by Gasteiger charge is -2.16. The van der Waals surface area contributed by atoms with Gasteiger partial charge >= 0.3 is 0 Å². The molecule has 3 rings (SSSR count). The number of halogens is 2. The quantitative estimate of drug-likeness (QED) is 0.816. The maximum Gasteiger partial charge on any atom is 0.299 e. The van der Waals surface area contributed by atoms with E-state index in [1.807, 2.05) is 19.1 Å². The molecule has 2 aromatic rings. The first-order chi connectivity index (χ1) is 10.0. The molecule has 108 valence electrons. The molecule has 0 unspecified atom stereocenters. The van der Waals surface area contributed by atoms with Gasteiger partial charge in [0.05, 0.1) is 17.8 Å². The molecule has 0 N–H and O–H groups in total. The summed E-state index contributed by atoms with van der Waals surface area (Å²) < 4.78 is 27.1. The molecule has 1 aliphatic heterocycles. The first-order valence-corrected chi connectivity index (χ1v) is 7.25. The smallest absolute Gasteiger partial charge is 0.297 e. The third-order valence-corrected chi connectivity index (χ3v) is 4.58. The number of anilines is 1. The van der Waals surface area contributed by atoms with Gasteiger partial charge in [0, 0.05) is 15.8 Å². The zero-order valence-corrected chi connectivity index (χ0v) is 12.0. The molecular formula is C15H11F2NO2S. The van der Waals surface area contributed by atoms with E-state index in [2.05, 4.69) is 0 Å². The van der Waals surface area contributed by atoms with Crippen molar-refractivity contribution in [2.75, 3.05) is 4.90 Å². The number of carbonyl (C=O) groups is 2. The third kappa shape index (κ3) is 2.25. The standard InChI is InChI=1S/C15H11F2NO2S/c1-2-9-3-4-10(21-9)7-18-13-11(14(19)15(18)20)5-8(16)6-12(13)17/h3-6H,2,7H2,1H3. The Bertz CT molecular complexity index is 754. The number of amides is 1. The van der Waals surface area contributed by atoms with Gasteiger partial charge < -0.3 is 0 Å². The molecule has 0 atom stereocenters. The molecule has 0 radical (unpaired) electrons. The Hall–Kier alpha value is -2.08. The van der Waals surface area contributed by atoms with E-state index in [0.29, 0.717) is 6.07 Å².